The Bertz CT molecular complexity index is 1380. The molecule has 6 nitrogen and oxygen atoms in total. The lowest BCUT2D eigenvalue weighted by Gasteiger charge is -2.25. The van der Waals surface area contributed by atoms with Gasteiger partial charge in [0.15, 0.2) is 5.16 Å². The van der Waals surface area contributed by atoms with E-state index in [2.05, 4.69) is 9.72 Å². The standard InChI is InChI=1S/C26H23F2N3O3S/c1-17(18-8-4-3-5-9-18)30(2)23(32)16-35-26-29-22-11-7-6-10-21(22)24(33)31(26)19-12-14-20(15-13-19)34-25(27)28/h3-15,17,25H,16H2,1-2H3. The predicted octanol–water partition coefficient (Wildman–Crippen LogP) is 5.30. The molecule has 1 amide bonds. The maximum Gasteiger partial charge on any atom is 0.387 e. The molecule has 0 aliphatic carbocycles. The molecule has 4 aromatic rings. The lowest BCUT2D eigenvalue weighted by molar-refractivity contribution is -0.128. The Morgan fingerprint density at radius 1 is 1.03 bits per heavy atom. The zero-order chi connectivity index (χ0) is 24.9. The maximum absolute atomic E-state index is 13.3. The van der Waals surface area contributed by atoms with Gasteiger partial charge in [0.2, 0.25) is 5.91 Å². The zero-order valence-corrected chi connectivity index (χ0v) is 19.9. The molecule has 35 heavy (non-hydrogen) atoms. The van der Waals surface area contributed by atoms with Gasteiger partial charge in [-0.2, -0.15) is 8.78 Å². The van der Waals surface area contributed by atoms with Crippen LogP contribution >= 0.6 is 11.8 Å². The van der Waals surface area contributed by atoms with Gasteiger partial charge in [0.25, 0.3) is 5.56 Å². The number of alkyl halides is 2. The van der Waals surface area contributed by atoms with Crippen molar-refractivity contribution < 1.29 is 18.3 Å². The summed E-state index contributed by atoms with van der Waals surface area (Å²) in [5, 5.41) is 0.733. The number of thioether (sulfide) groups is 1. The number of ether oxygens (including phenoxy) is 1. The van der Waals surface area contributed by atoms with Crippen LogP contribution in [0, 0.1) is 0 Å². The number of carbonyl (C=O) groups excluding carboxylic acids is 1. The minimum atomic E-state index is -2.95. The minimum absolute atomic E-state index is 0.0218. The average molecular weight is 496 g/mol. The number of carbonyl (C=O) groups is 1. The Morgan fingerprint density at radius 2 is 1.69 bits per heavy atom. The van der Waals surface area contributed by atoms with Crippen molar-refractivity contribution in [2.75, 3.05) is 12.8 Å². The summed E-state index contributed by atoms with van der Waals surface area (Å²) in [6, 6.07) is 22.2. The highest BCUT2D eigenvalue weighted by Crippen LogP contribution is 2.25. The van der Waals surface area contributed by atoms with Gasteiger partial charge in [0, 0.05) is 7.05 Å². The van der Waals surface area contributed by atoms with Crippen molar-refractivity contribution in [3.63, 3.8) is 0 Å². The van der Waals surface area contributed by atoms with E-state index in [0.29, 0.717) is 21.7 Å². The second-order valence-electron chi connectivity index (χ2n) is 7.80. The number of fused-ring (bicyclic) bond motifs is 1. The van der Waals surface area contributed by atoms with Crippen molar-refractivity contribution >= 4 is 28.6 Å². The molecule has 9 heteroatoms. The van der Waals surface area contributed by atoms with E-state index in [0.717, 1.165) is 17.3 Å². The van der Waals surface area contributed by atoms with Crippen LogP contribution in [0.2, 0.25) is 0 Å². The SMILES string of the molecule is CC(c1ccccc1)N(C)C(=O)CSc1nc2ccccc2c(=O)n1-c1ccc(OC(F)F)cc1. The number of para-hydroxylation sites is 1. The fourth-order valence-electron chi connectivity index (χ4n) is 3.61. The van der Waals surface area contributed by atoms with E-state index in [-0.39, 0.29) is 29.0 Å². The first-order chi connectivity index (χ1) is 16.8. The first kappa shape index (κ1) is 24.4. The summed E-state index contributed by atoms with van der Waals surface area (Å²) < 4.78 is 30.8. The normalized spacial score (nSPS) is 12.0. The van der Waals surface area contributed by atoms with E-state index >= 15 is 0 Å². The van der Waals surface area contributed by atoms with Crippen molar-refractivity contribution in [3.8, 4) is 11.4 Å². The van der Waals surface area contributed by atoms with Crippen LogP contribution in [0.3, 0.4) is 0 Å². The van der Waals surface area contributed by atoms with E-state index < -0.39 is 6.61 Å². The van der Waals surface area contributed by atoms with Crippen LogP contribution in [0.4, 0.5) is 8.78 Å². The Morgan fingerprint density at radius 3 is 2.37 bits per heavy atom. The molecular weight excluding hydrogens is 472 g/mol. The topological polar surface area (TPSA) is 64.4 Å². The molecule has 3 aromatic carbocycles. The summed E-state index contributed by atoms with van der Waals surface area (Å²) in [4.78, 5) is 32.6. The second-order valence-corrected chi connectivity index (χ2v) is 8.75. The van der Waals surface area contributed by atoms with Gasteiger partial charge in [-0.3, -0.25) is 14.2 Å². The molecule has 0 aliphatic heterocycles. The number of rotatable bonds is 8. The Kier molecular flexibility index (Phi) is 7.45. The third-order valence-corrected chi connectivity index (χ3v) is 6.57. The molecule has 1 unspecified atom stereocenters. The van der Waals surface area contributed by atoms with Crippen LogP contribution < -0.4 is 10.3 Å². The summed E-state index contributed by atoms with van der Waals surface area (Å²) in [6.45, 7) is -0.996. The molecule has 180 valence electrons. The highest BCUT2D eigenvalue weighted by molar-refractivity contribution is 7.99. The predicted molar refractivity (Wildman–Crippen MR) is 132 cm³/mol. The van der Waals surface area contributed by atoms with Crippen LogP contribution in [-0.4, -0.2) is 39.8 Å². The van der Waals surface area contributed by atoms with Gasteiger partial charge >= 0.3 is 6.61 Å². The van der Waals surface area contributed by atoms with Crippen LogP contribution in [0.25, 0.3) is 16.6 Å². The monoisotopic (exact) mass is 495 g/mol. The lowest BCUT2D eigenvalue weighted by Crippen LogP contribution is -2.31. The van der Waals surface area contributed by atoms with E-state index in [1.165, 1.54) is 28.8 Å². The molecule has 1 aromatic heterocycles. The Balaban J connectivity index is 1.64. The fraction of sp³-hybridized carbons (Fsp3) is 0.192. The molecule has 1 atom stereocenters. The van der Waals surface area contributed by atoms with Crippen LogP contribution in [0.5, 0.6) is 5.75 Å². The molecule has 0 spiro atoms. The van der Waals surface area contributed by atoms with Crippen LogP contribution in [-0.2, 0) is 4.79 Å². The molecule has 1 heterocycles. The zero-order valence-electron chi connectivity index (χ0n) is 19.1. The molecule has 0 bridgehead atoms. The van der Waals surface area contributed by atoms with Crippen molar-refractivity contribution in [2.24, 2.45) is 0 Å². The van der Waals surface area contributed by atoms with Crippen molar-refractivity contribution in [1.29, 1.82) is 0 Å². The van der Waals surface area contributed by atoms with Gasteiger partial charge in [-0.15, -0.1) is 0 Å². The first-order valence-corrected chi connectivity index (χ1v) is 11.8. The van der Waals surface area contributed by atoms with Gasteiger partial charge < -0.3 is 9.64 Å². The number of hydrogen-bond donors (Lipinski definition) is 0. The lowest BCUT2D eigenvalue weighted by atomic mass is 10.1. The number of hydrogen-bond acceptors (Lipinski definition) is 5. The highest BCUT2D eigenvalue weighted by atomic mass is 32.2. The molecule has 0 saturated carbocycles. The Labute approximate surface area is 205 Å². The number of amides is 1. The van der Waals surface area contributed by atoms with Crippen LogP contribution in [0.1, 0.15) is 18.5 Å². The molecule has 0 N–H and O–H groups in total. The third-order valence-electron chi connectivity index (χ3n) is 5.65. The molecule has 0 radical (unpaired) electrons. The number of halogens is 2. The maximum atomic E-state index is 13.3. The number of nitrogens with zero attached hydrogens (tertiary/aromatic N) is 3. The fourth-order valence-corrected chi connectivity index (χ4v) is 4.55. The first-order valence-electron chi connectivity index (χ1n) is 10.9. The summed E-state index contributed by atoms with van der Waals surface area (Å²) in [5.41, 5.74) is 1.63. The summed E-state index contributed by atoms with van der Waals surface area (Å²) >= 11 is 1.14. The molecular formula is C26H23F2N3O3S. The summed E-state index contributed by atoms with van der Waals surface area (Å²) in [7, 11) is 1.74. The third kappa shape index (κ3) is 5.51. The van der Waals surface area contributed by atoms with E-state index in [1.54, 1.807) is 36.2 Å². The molecule has 4 rings (SSSR count). The van der Waals surface area contributed by atoms with E-state index in [9.17, 15) is 18.4 Å². The Hall–Kier alpha value is -3.72. The highest BCUT2D eigenvalue weighted by Gasteiger charge is 2.20. The van der Waals surface area contributed by atoms with Gasteiger partial charge in [-0.25, -0.2) is 4.98 Å². The quantitative estimate of drug-likeness (QED) is 0.245. The minimum Gasteiger partial charge on any atom is -0.435 e. The average Bonchev–Trinajstić information content (AvgIpc) is 2.87. The van der Waals surface area contributed by atoms with Crippen LogP contribution in [0.15, 0.2) is 88.8 Å². The molecule has 0 fully saturated rings. The summed E-state index contributed by atoms with van der Waals surface area (Å²) in [5.74, 6) is -0.0853. The van der Waals surface area contributed by atoms with Gasteiger partial charge in [0.1, 0.15) is 5.75 Å². The van der Waals surface area contributed by atoms with Crippen molar-refractivity contribution in [2.45, 2.75) is 24.7 Å². The second kappa shape index (κ2) is 10.7. The van der Waals surface area contributed by atoms with Gasteiger partial charge in [0.05, 0.1) is 28.4 Å². The largest absolute Gasteiger partial charge is 0.435 e. The molecule has 0 aliphatic rings. The van der Waals surface area contributed by atoms with Gasteiger partial charge in [-0.1, -0.05) is 54.2 Å². The smallest absolute Gasteiger partial charge is 0.387 e. The van der Waals surface area contributed by atoms with E-state index in [1.807, 2.05) is 37.3 Å². The van der Waals surface area contributed by atoms with Crippen molar-refractivity contribution in [1.82, 2.24) is 14.5 Å². The van der Waals surface area contributed by atoms with Crippen molar-refractivity contribution in [3.05, 3.63) is 94.8 Å². The number of aromatic nitrogens is 2. The van der Waals surface area contributed by atoms with Gasteiger partial charge in [-0.05, 0) is 48.9 Å². The number of benzene rings is 3. The van der Waals surface area contributed by atoms with E-state index in [4.69, 9.17) is 0 Å². The summed E-state index contributed by atoms with van der Waals surface area (Å²) in [6.07, 6.45) is 0. The molecule has 0 saturated heterocycles.